The lowest BCUT2D eigenvalue weighted by Crippen LogP contribution is -2.36. The summed E-state index contributed by atoms with van der Waals surface area (Å²) in [6, 6.07) is 10.7. The van der Waals surface area contributed by atoms with Crippen LogP contribution in [0.25, 0.3) is 10.9 Å². The normalized spacial score (nSPS) is 17.8. The standard InChI is InChI=1S/C22H29N5/c1-17-15-21(24-20-9-5-4-8-19(17)20)27-11-6-7-18(16-27)22-23-10-12-26(22)14-13-25(2)3/h4-5,8-10,12,15,18H,6-7,11,13-14,16H2,1-3H3. The van der Waals surface area contributed by atoms with Crippen molar-refractivity contribution in [2.24, 2.45) is 0 Å². The Morgan fingerprint density at radius 3 is 2.93 bits per heavy atom. The molecule has 1 saturated heterocycles. The third kappa shape index (κ3) is 3.83. The van der Waals surface area contributed by atoms with Crippen LogP contribution in [0.2, 0.25) is 0 Å². The molecule has 1 aromatic carbocycles. The number of hydrogen-bond donors (Lipinski definition) is 0. The number of imidazole rings is 1. The number of aromatic nitrogens is 3. The Labute approximate surface area is 161 Å². The molecule has 1 aliphatic heterocycles. The molecule has 0 amide bonds. The molecule has 4 rings (SSSR count). The van der Waals surface area contributed by atoms with Crippen LogP contribution in [0.4, 0.5) is 5.82 Å². The lowest BCUT2D eigenvalue weighted by atomic mass is 9.97. The molecular formula is C22H29N5. The van der Waals surface area contributed by atoms with E-state index in [2.05, 4.69) is 71.9 Å². The largest absolute Gasteiger partial charge is 0.356 e. The van der Waals surface area contributed by atoms with Crippen molar-refractivity contribution in [3.63, 3.8) is 0 Å². The molecule has 0 bridgehead atoms. The van der Waals surface area contributed by atoms with Crippen molar-refractivity contribution in [3.05, 3.63) is 54.1 Å². The van der Waals surface area contributed by atoms with Gasteiger partial charge in [-0.15, -0.1) is 0 Å². The van der Waals surface area contributed by atoms with Crippen LogP contribution in [-0.2, 0) is 6.54 Å². The van der Waals surface area contributed by atoms with E-state index < -0.39 is 0 Å². The number of pyridine rings is 1. The first-order valence-corrected chi connectivity index (χ1v) is 9.89. The summed E-state index contributed by atoms with van der Waals surface area (Å²) in [5.74, 6) is 2.78. The molecule has 5 heteroatoms. The molecule has 1 unspecified atom stereocenters. The van der Waals surface area contributed by atoms with Gasteiger partial charge in [-0.25, -0.2) is 9.97 Å². The number of aryl methyl sites for hydroxylation is 1. The van der Waals surface area contributed by atoms with Gasteiger partial charge in [0.05, 0.1) is 5.52 Å². The van der Waals surface area contributed by atoms with Crippen molar-refractivity contribution in [3.8, 4) is 0 Å². The van der Waals surface area contributed by atoms with Crippen LogP contribution < -0.4 is 4.90 Å². The lowest BCUT2D eigenvalue weighted by molar-refractivity contribution is 0.373. The molecule has 3 heterocycles. The first-order chi connectivity index (χ1) is 13.1. The fourth-order valence-corrected chi connectivity index (χ4v) is 4.07. The van der Waals surface area contributed by atoms with Gasteiger partial charge in [0.2, 0.25) is 0 Å². The Morgan fingerprint density at radius 2 is 2.07 bits per heavy atom. The van der Waals surface area contributed by atoms with Crippen molar-refractivity contribution < 1.29 is 0 Å². The summed E-state index contributed by atoms with van der Waals surface area (Å²) >= 11 is 0. The van der Waals surface area contributed by atoms with E-state index in [1.807, 2.05) is 6.20 Å². The highest BCUT2D eigenvalue weighted by Crippen LogP contribution is 2.30. The fraction of sp³-hybridized carbons (Fsp3) is 0.455. The molecule has 0 spiro atoms. The maximum Gasteiger partial charge on any atom is 0.129 e. The van der Waals surface area contributed by atoms with E-state index in [4.69, 9.17) is 9.97 Å². The average molecular weight is 364 g/mol. The molecule has 1 atom stereocenters. The molecule has 0 aliphatic carbocycles. The summed E-state index contributed by atoms with van der Waals surface area (Å²) in [4.78, 5) is 14.3. The Morgan fingerprint density at radius 1 is 1.22 bits per heavy atom. The number of hydrogen-bond acceptors (Lipinski definition) is 4. The van der Waals surface area contributed by atoms with E-state index in [1.165, 1.54) is 29.6 Å². The predicted octanol–water partition coefficient (Wildman–Crippen LogP) is 3.69. The molecule has 27 heavy (non-hydrogen) atoms. The first-order valence-electron chi connectivity index (χ1n) is 9.89. The van der Waals surface area contributed by atoms with E-state index in [0.717, 1.165) is 37.5 Å². The average Bonchev–Trinajstić information content (AvgIpc) is 3.15. The third-order valence-corrected chi connectivity index (χ3v) is 5.56. The number of likely N-dealkylation sites (N-methyl/N-ethyl adjacent to an activating group) is 1. The highest BCUT2D eigenvalue weighted by Gasteiger charge is 2.25. The third-order valence-electron chi connectivity index (χ3n) is 5.56. The Bertz CT molecular complexity index is 914. The number of para-hydroxylation sites is 1. The number of nitrogens with zero attached hydrogens (tertiary/aromatic N) is 5. The van der Waals surface area contributed by atoms with Crippen LogP contribution in [0.15, 0.2) is 42.7 Å². The summed E-state index contributed by atoms with van der Waals surface area (Å²) in [5, 5.41) is 1.24. The molecular weight excluding hydrogens is 334 g/mol. The number of rotatable bonds is 5. The summed E-state index contributed by atoms with van der Waals surface area (Å²) in [5.41, 5.74) is 2.38. The lowest BCUT2D eigenvalue weighted by Gasteiger charge is -2.34. The van der Waals surface area contributed by atoms with Crippen molar-refractivity contribution >= 4 is 16.7 Å². The molecule has 142 valence electrons. The van der Waals surface area contributed by atoms with E-state index in [9.17, 15) is 0 Å². The van der Waals surface area contributed by atoms with Gasteiger partial charge in [-0.1, -0.05) is 18.2 Å². The van der Waals surface area contributed by atoms with Crippen LogP contribution in [0.1, 0.15) is 30.1 Å². The Balaban J connectivity index is 1.56. The van der Waals surface area contributed by atoms with Crippen molar-refractivity contribution in [2.75, 3.05) is 38.6 Å². The zero-order valence-corrected chi connectivity index (χ0v) is 16.6. The van der Waals surface area contributed by atoms with Gasteiger partial charge in [-0.2, -0.15) is 0 Å². The topological polar surface area (TPSA) is 37.2 Å². The minimum absolute atomic E-state index is 0.462. The summed E-state index contributed by atoms with van der Waals surface area (Å²) < 4.78 is 2.33. The van der Waals surface area contributed by atoms with E-state index >= 15 is 0 Å². The zero-order chi connectivity index (χ0) is 18.8. The monoisotopic (exact) mass is 363 g/mol. The number of piperidine rings is 1. The number of anilines is 1. The fourth-order valence-electron chi connectivity index (χ4n) is 4.07. The van der Waals surface area contributed by atoms with Gasteiger partial charge in [-0.05, 0) is 51.6 Å². The zero-order valence-electron chi connectivity index (χ0n) is 16.6. The van der Waals surface area contributed by atoms with Crippen LogP contribution in [-0.4, -0.2) is 53.2 Å². The van der Waals surface area contributed by atoms with Crippen LogP contribution in [0, 0.1) is 6.92 Å². The van der Waals surface area contributed by atoms with Gasteiger partial charge >= 0.3 is 0 Å². The van der Waals surface area contributed by atoms with Gasteiger partial charge in [-0.3, -0.25) is 0 Å². The van der Waals surface area contributed by atoms with Gasteiger partial charge in [0.1, 0.15) is 11.6 Å². The second-order valence-corrected chi connectivity index (χ2v) is 7.88. The number of benzene rings is 1. The van der Waals surface area contributed by atoms with Gasteiger partial charge in [0.15, 0.2) is 0 Å². The molecule has 0 N–H and O–H groups in total. The van der Waals surface area contributed by atoms with E-state index in [1.54, 1.807) is 0 Å². The van der Waals surface area contributed by atoms with Crippen molar-refractivity contribution in [2.45, 2.75) is 32.2 Å². The molecule has 2 aromatic heterocycles. The molecule has 5 nitrogen and oxygen atoms in total. The number of fused-ring (bicyclic) bond motifs is 1. The Hall–Kier alpha value is -2.40. The van der Waals surface area contributed by atoms with Crippen molar-refractivity contribution in [1.29, 1.82) is 0 Å². The van der Waals surface area contributed by atoms with Crippen molar-refractivity contribution in [1.82, 2.24) is 19.4 Å². The molecule has 1 aliphatic rings. The van der Waals surface area contributed by atoms with Gasteiger partial charge in [0.25, 0.3) is 0 Å². The van der Waals surface area contributed by atoms with Crippen LogP contribution in [0.5, 0.6) is 0 Å². The van der Waals surface area contributed by atoms with Crippen LogP contribution >= 0.6 is 0 Å². The Kier molecular flexibility index (Phi) is 5.12. The SMILES string of the molecule is Cc1cc(N2CCCC(c3nccn3CCN(C)C)C2)nc2ccccc12. The molecule has 1 fully saturated rings. The smallest absolute Gasteiger partial charge is 0.129 e. The van der Waals surface area contributed by atoms with Gasteiger partial charge < -0.3 is 14.4 Å². The summed E-state index contributed by atoms with van der Waals surface area (Å²) in [6.07, 6.45) is 6.44. The maximum atomic E-state index is 4.95. The highest BCUT2D eigenvalue weighted by molar-refractivity contribution is 5.83. The first kappa shape index (κ1) is 18.0. The summed E-state index contributed by atoms with van der Waals surface area (Å²) in [6.45, 7) is 6.27. The van der Waals surface area contributed by atoms with Crippen LogP contribution in [0.3, 0.4) is 0 Å². The highest BCUT2D eigenvalue weighted by atomic mass is 15.2. The molecule has 3 aromatic rings. The quantitative estimate of drug-likeness (QED) is 0.693. The van der Waals surface area contributed by atoms with Gasteiger partial charge in [0, 0.05) is 49.9 Å². The predicted molar refractivity (Wildman–Crippen MR) is 111 cm³/mol. The second-order valence-electron chi connectivity index (χ2n) is 7.88. The van der Waals surface area contributed by atoms with E-state index in [0.29, 0.717) is 5.92 Å². The minimum Gasteiger partial charge on any atom is -0.356 e. The maximum absolute atomic E-state index is 4.95. The minimum atomic E-state index is 0.462. The summed E-state index contributed by atoms with van der Waals surface area (Å²) in [7, 11) is 4.24. The molecule has 0 saturated carbocycles. The second kappa shape index (κ2) is 7.69. The molecule has 0 radical (unpaired) electrons. The van der Waals surface area contributed by atoms with E-state index in [-0.39, 0.29) is 0 Å².